The van der Waals surface area contributed by atoms with Crippen LogP contribution in [0.2, 0.25) is 0 Å². The van der Waals surface area contributed by atoms with Gasteiger partial charge in [-0.05, 0) is 50.2 Å². The van der Waals surface area contributed by atoms with E-state index in [9.17, 15) is 14.0 Å². The van der Waals surface area contributed by atoms with Crippen LogP contribution in [0, 0.1) is 5.82 Å². The molecule has 6 heteroatoms. The summed E-state index contributed by atoms with van der Waals surface area (Å²) in [7, 11) is 1.89. The first kappa shape index (κ1) is 20.6. The van der Waals surface area contributed by atoms with Gasteiger partial charge in [0.05, 0.1) is 7.05 Å². The fraction of sp³-hybridized carbons (Fsp3) is 0.333. The molecule has 0 bridgehead atoms. The maximum absolute atomic E-state index is 13.2. The molecule has 0 aliphatic rings. The monoisotopic (exact) mass is 372 g/mol. The largest absolute Gasteiger partial charge is 0.339 e. The summed E-state index contributed by atoms with van der Waals surface area (Å²) in [5.74, 6) is -0.423. The third-order valence-corrected chi connectivity index (χ3v) is 4.32. The predicted octanol–water partition coefficient (Wildman–Crippen LogP) is 1.96. The molecule has 0 fully saturated rings. The Morgan fingerprint density at radius 3 is 2.33 bits per heavy atom. The molecule has 0 saturated carbocycles. The highest BCUT2D eigenvalue weighted by Crippen LogP contribution is 2.11. The van der Waals surface area contributed by atoms with Crippen LogP contribution in [-0.4, -0.2) is 43.4 Å². The van der Waals surface area contributed by atoms with Crippen LogP contribution in [0.15, 0.2) is 48.5 Å². The van der Waals surface area contributed by atoms with Gasteiger partial charge in [0, 0.05) is 29.9 Å². The molecule has 2 amide bonds. The van der Waals surface area contributed by atoms with Crippen LogP contribution < -0.4 is 10.2 Å². The van der Waals surface area contributed by atoms with Crippen molar-refractivity contribution >= 4 is 17.5 Å². The van der Waals surface area contributed by atoms with E-state index in [0.29, 0.717) is 30.9 Å². The zero-order chi connectivity index (χ0) is 19.8. The number of hydrogen-bond donors (Lipinski definition) is 2. The first-order valence-corrected chi connectivity index (χ1v) is 9.17. The van der Waals surface area contributed by atoms with E-state index >= 15 is 0 Å². The second-order valence-corrected chi connectivity index (χ2v) is 6.54. The van der Waals surface area contributed by atoms with Crippen molar-refractivity contribution in [2.75, 3.05) is 32.0 Å². The third kappa shape index (κ3) is 6.18. The fourth-order valence-electron chi connectivity index (χ4n) is 2.93. The smallest absolute Gasteiger partial charge is 0.279 e. The molecule has 0 radical (unpaired) electrons. The van der Waals surface area contributed by atoms with Crippen molar-refractivity contribution in [3.8, 4) is 0 Å². The molecule has 1 atom stereocenters. The summed E-state index contributed by atoms with van der Waals surface area (Å²) in [6, 6.07) is 13.3. The molecular formula is C21H27FN3O2+. The lowest BCUT2D eigenvalue weighted by atomic mass is 10.1. The van der Waals surface area contributed by atoms with Crippen LogP contribution in [0.5, 0.6) is 0 Å². The highest BCUT2D eigenvalue weighted by molar-refractivity contribution is 5.96. The van der Waals surface area contributed by atoms with Gasteiger partial charge in [-0.15, -0.1) is 0 Å². The van der Waals surface area contributed by atoms with Crippen LogP contribution in [0.1, 0.15) is 29.8 Å². The Morgan fingerprint density at radius 2 is 1.74 bits per heavy atom. The predicted molar refractivity (Wildman–Crippen MR) is 104 cm³/mol. The second kappa shape index (κ2) is 9.83. The van der Waals surface area contributed by atoms with Crippen LogP contribution >= 0.6 is 0 Å². The van der Waals surface area contributed by atoms with E-state index in [1.165, 1.54) is 12.1 Å². The molecule has 2 aromatic carbocycles. The topological polar surface area (TPSA) is 53.9 Å². The van der Waals surface area contributed by atoms with Crippen molar-refractivity contribution in [2.24, 2.45) is 0 Å². The summed E-state index contributed by atoms with van der Waals surface area (Å²) < 4.78 is 13.2. The maximum Gasteiger partial charge on any atom is 0.279 e. The average molecular weight is 372 g/mol. The van der Waals surface area contributed by atoms with Gasteiger partial charge < -0.3 is 15.1 Å². The molecule has 0 aromatic heterocycles. The van der Waals surface area contributed by atoms with Gasteiger partial charge in [0.15, 0.2) is 6.54 Å². The molecule has 2 N–H and O–H groups in total. The van der Waals surface area contributed by atoms with E-state index in [-0.39, 0.29) is 24.2 Å². The highest BCUT2D eigenvalue weighted by atomic mass is 19.1. The van der Waals surface area contributed by atoms with E-state index in [1.807, 2.05) is 27.0 Å². The van der Waals surface area contributed by atoms with Gasteiger partial charge in [-0.1, -0.05) is 12.1 Å². The zero-order valence-electron chi connectivity index (χ0n) is 16.1. The Balaban J connectivity index is 1.89. The number of anilines is 1. The highest BCUT2D eigenvalue weighted by Gasteiger charge is 2.14. The van der Waals surface area contributed by atoms with Gasteiger partial charge >= 0.3 is 0 Å². The number of quaternary nitrogens is 1. The summed E-state index contributed by atoms with van der Waals surface area (Å²) in [6.07, 6.45) is 0. The minimum absolute atomic E-state index is 0.0165. The summed E-state index contributed by atoms with van der Waals surface area (Å²) in [5.41, 5.74) is 2.10. The molecule has 0 aliphatic heterocycles. The molecule has 144 valence electrons. The lowest BCUT2D eigenvalue weighted by Crippen LogP contribution is -3.08. The normalized spacial score (nSPS) is 11.7. The minimum Gasteiger partial charge on any atom is -0.339 e. The molecule has 2 rings (SSSR count). The van der Waals surface area contributed by atoms with Crippen molar-refractivity contribution < 1.29 is 18.9 Å². The number of hydrogen-bond acceptors (Lipinski definition) is 2. The quantitative estimate of drug-likeness (QED) is 0.744. The van der Waals surface area contributed by atoms with Crippen molar-refractivity contribution in [3.05, 3.63) is 65.5 Å². The summed E-state index contributed by atoms with van der Waals surface area (Å²) >= 11 is 0. The first-order valence-electron chi connectivity index (χ1n) is 9.17. The molecular weight excluding hydrogens is 345 g/mol. The number of amides is 2. The van der Waals surface area contributed by atoms with Gasteiger partial charge in [0.25, 0.3) is 11.8 Å². The van der Waals surface area contributed by atoms with Crippen LogP contribution in [-0.2, 0) is 11.3 Å². The molecule has 0 aliphatic carbocycles. The van der Waals surface area contributed by atoms with Crippen molar-refractivity contribution in [2.45, 2.75) is 20.4 Å². The number of nitrogens with zero attached hydrogens (tertiary/aromatic N) is 1. The van der Waals surface area contributed by atoms with Gasteiger partial charge in [-0.25, -0.2) is 4.39 Å². The zero-order valence-corrected chi connectivity index (χ0v) is 16.1. The van der Waals surface area contributed by atoms with E-state index in [0.717, 1.165) is 10.5 Å². The van der Waals surface area contributed by atoms with Gasteiger partial charge in [-0.3, -0.25) is 9.59 Å². The van der Waals surface area contributed by atoms with Crippen molar-refractivity contribution in [1.29, 1.82) is 0 Å². The molecule has 1 unspecified atom stereocenters. The van der Waals surface area contributed by atoms with E-state index < -0.39 is 0 Å². The Bertz CT molecular complexity index is 773. The summed E-state index contributed by atoms with van der Waals surface area (Å²) in [6.45, 7) is 6.03. The van der Waals surface area contributed by atoms with Crippen LogP contribution in [0.4, 0.5) is 10.1 Å². The molecule has 27 heavy (non-hydrogen) atoms. The molecule has 2 aromatic rings. The van der Waals surface area contributed by atoms with Gasteiger partial charge in [-0.2, -0.15) is 0 Å². The second-order valence-electron chi connectivity index (χ2n) is 6.54. The number of nitrogens with one attached hydrogen (secondary N) is 2. The van der Waals surface area contributed by atoms with Gasteiger partial charge in [0.2, 0.25) is 0 Å². The van der Waals surface area contributed by atoms with Crippen LogP contribution in [0.3, 0.4) is 0 Å². The average Bonchev–Trinajstić information content (AvgIpc) is 2.63. The summed E-state index contributed by atoms with van der Waals surface area (Å²) in [4.78, 5) is 27.2. The molecule has 0 heterocycles. The van der Waals surface area contributed by atoms with Crippen molar-refractivity contribution in [1.82, 2.24) is 4.90 Å². The molecule has 0 spiro atoms. The van der Waals surface area contributed by atoms with Crippen LogP contribution in [0.25, 0.3) is 0 Å². The fourth-order valence-corrected chi connectivity index (χ4v) is 2.93. The first-order chi connectivity index (χ1) is 12.9. The van der Waals surface area contributed by atoms with Gasteiger partial charge in [0.1, 0.15) is 12.4 Å². The SMILES string of the molecule is CCN(CC)C(=O)c1ccc(NC(=O)C[NH+](C)Cc2cccc(F)c2)cc1. The number of carbonyl (C=O) groups excluding carboxylic acids is 2. The lowest BCUT2D eigenvalue weighted by molar-refractivity contribution is -0.885. The van der Waals surface area contributed by atoms with E-state index in [2.05, 4.69) is 5.32 Å². The lowest BCUT2D eigenvalue weighted by Gasteiger charge is -2.18. The molecule has 0 saturated heterocycles. The Hall–Kier alpha value is -2.73. The Labute approximate surface area is 159 Å². The maximum atomic E-state index is 13.2. The number of benzene rings is 2. The summed E-state index contributed by atoms with van der Waals surface area (Å²) in [5, 5.41) is 2.83. The van der Waals surface area contributed by atoms with Crippen molar-refractivity contribution in [3.63, 3.8) is 0 Å². The number of rotatable bonds is 8. The van der Waals surface area contributed by atoms with E-state index in [4.69, 9.17) is 0 Å². The minimum atomic E-state index is -0.274. The molecule has 5 nitrogen and oxygen atoms in total. The Morgan fingerprint density at radius 1 is 1.07 bits per heavy atom. The standard InChI is InChI=1S/C21H26FN3O2/c1-4-25(5-2)21(27)17-9-11-19(12-10-17)23-20(26)15-24(3)14-16-7-6-8-18(22)13-16/h6-13H,4-5,14-15H2,1-3H3,(H,23,26)/p+1. The van der Waals surface area contributed by atoms with E-state index in [1.54, 1.807) is 35.2 Å². The number of halogens is 1. The Kier molecular flexibility index (Phi) is 7.49. The number of likely N-dealkylation sites (N-methyl/N-ethyl adjacent to an activating group) is 1. The third-order valence-electron chi connectivity index (χ3n) is 4.32. The number of carbonyl (C=O) groups is 2.